The van der Waals surface area contributed by atoms with Crippen molar-refractivity contribution in [2.75, 3.05) is 6.54 Å². The molecule has 2 saturated heterocycles. The number of nitrogens with one attached hydrogen (secondary N) is 1. The van der Waals surface area contributed by atoms with E-state index in [0.717, 1.165) is 12.8 Å². The Labute approximate surface area is 86.1 Å². The molecule has 2 bridgehead atoms. The molecule has 0 saturated carbocycles. The van der Waals surface area contributed by atoms with Crippen LogP contribution in [0.2, 0.25) is 0 Å². The van der Waals surface area contributed by atoms with E-state index in [-0.39, 0.29) is 5.41 Å². The fourth-order valence-corrected chi connectivity index (χ4v) is 2.87. The second-order valence-electron chi connectivity index (χ2n) is 5.67. The average Bonchev–Trinajstić information content (AvgIpc) is 2.46. The van der Waals surface area contributed by atoms with Crippen molar-refractivity contribution in [3.63, 3.8) is 0 Å². The largest absolute Gasteiger partial charge is 0.389 e. The summed E-state index contributed by atoms with van der Waals surface area (Å²) in [5.74, 6) is 0. The SMILES string of the molecule is CC(C)(CN)C1(O)CC2CCC(C1)N2. The number of fused-ring (bicyclic) bond motifs is 2. The van der Waals surface area contributed by atoms with Gasteiger partial charge in [-0.2, -0.15) is 0 Å². The highest BCUT2D eigenvalue weighted by molar-refractivity contribution is 5.06. The molecule has 0 radical (unpaired) electrons. The molecule has 3 nitrogen and oxygen atoms in total. The molecule has 0 spiro atoms. The van der Waals surface area contributed by atoms with Crippen molar-refractivity contribution in [3.05, 3.63) is 0 Å². The van der Waals surface area contributed by atoms with Crippen LogP contribution in [0.5, 0.6) is 0 Å². The van der Waals surface area contributed by atoms with Gasteiger partial charge in [0.05, 0.1) is 5.60 Å². The predicted octanol–water partition coefficient (Wildman–Crippen LogP) is 0.617. The Morgan fingerprint density at radius 3 is 2.29 bits per heavy atom. The molecule has 2 atom stereocenters. The Kier molecular flexibility index (Phi) is 2.37. The maximum absolute atomic E-state index is 10.7. The molecule has 4 N–H and O–H groups in total. The lowest BCUT2D eigenvalue weighted by atomic mass is 9.68. The first kappa shape index (κ1) is 10.4. The monoisotopic (exact) mass is 198 g/mol. The summed E-state index contributed by atoms with van der Waals surface area (Å²) >= 11 is 0. The van der Waals surface area contributed by atoms with E-state index in [1.165, 1.54) is 12.8 Å². The van der Waals surface area contributed by atoms with E-state index in [9.17, 15) is 5.11 Å². The van der Waals surface area contributed by atoms with E-state index in [4.69, 9.17) is 5.73 Å². The topological polar surface area (TPSA) is 58.3 Å². The molecule has 2 rings (SSSR count). The number of aliphatic hydroxyl groups is 1. The molecule has 0 aromatic heterocycles. The van der Waals surface area contributed by atoms with E-state index in [1.54, 1.807) is 0 Å². The molecule has 2 unspecified atom stereocenters. The third-order valence-electron chi connectivity index (χ3n) is 4.27. The van der Waals surface area contributed by atoms with Crippen LogP contribution < -0.4 is 11.1 Å². The third-order valence-corrected chi connectivity index (χ3v) is 4.27. The Balaban J connectivity index is 2.16. The molecular weight excluding hydrogens is 176 g/mol. The Hall–Kier alpha value is -0.120. The van der Waals surface area contributed by atoms with Crippen molar-refractivity contribution >= 4 is 0 Å². The standard InChI is InChI=1S/C11H22N2O/c1-10(2,7-12)11(14)5-8-3-4-9(6-11)13-8/h8-9,13-14H,3-7,12H2,1-2H3. The van der Waals surface area contributed by atoms with E-state index in [2.05, 4.69) is 19.2 Å². The van der Waals surface area contributed by atoms with Gasteiger partial charge in [-0.3, -0.25) is 0 Å². The maximum atomic E-state index is 10.7. The number of piperidine rings is 1. The zero-order valence-corrected chi connectivity index (χ0v) is 9.21. The quantitative estimate of drug-likeness (QED) is 0.609. The van der Waals surface area contributed by atoms with Crippen LogP contribution in [-0.4, -0.2) is 29.3 Å². The molecule has 2 aliphatic heterocycles. The summed E-state index contributed by atoms with van der Waals surface area (Å²) in [7, 11) is 0. The van der Waals surface area contributed by atoms with Crippen LogP contribution in [-0.2, 0) is 0 Å². The Bertz CT molecular complexity index is 215. The summed E-state index contributed by atoms with van der Waals surface area (Å²) in [6.45, 7) is 4.72. The Morgan fingerprint density at radius 1 is 1.36 bits per heavy atom. The molecule has 82 valence electrons. The van der Waals surface area contributed by atoms with Gasteiger partial charge >= 0.3 is 0 Å². The molecule has 0 aliphatic carbocycles. The van der Waals surface area contributed by atoms with Gasteiger partial charge in [0.2, 0.25) is 0 Å². The van der Waals surface area contributed by atoms with Crippen molar-refractivity contribution in [2.45, 2.75) is 57.2 Å². The van der Waals surface area contributed by atoms with Gasteiger partial charge in [0, 0.05) is 24.0 Å². The van der Waals surface area contributed by atoms with Crippen LogP contribution in [0.1, 0.15) is 39.5 Å². The number of hydrogen-bond acceptors (Lipinski definition) is 3. The Morgan fingerprint density at radius 2 is 1.86 bits per heavy atom. The highest BCUT2D eigenvalue weighted by Crippen LogP contribution is 2.43. The highest BCUT2D eigenvalue weighted by Gasteiger charge is 2.50. The molecule has 0 amide bonds. The number of nitrogens with two attached hydrogens (primary N) is 1. The molecule has 2 heterocycles. The first-order valence-corrected chi connectivity index (χ1v) is 5.65. The molecule has 0 aromatic rings. The maximum Gasteiger partial charge on any atom is 0.0740 e. The van der Waals surface area contributed by atoms with Gasteiger partial charge in [-0.25, -0.2) is 0 Å². The van der Waals surface area contributed by atoms with Crippen LogP contribution in [0.4, 0.5) is 0 Å². The van der Waals surface area contributed by atoms with Gasteiger partial charge in [-0.15, -0.1) is 0 Å². The summed E-state index contributed by atoms with van der Waals surface area (Å²) in [6.07, 6.45) is 4.17. The van der Waals surface area contributed by atoms with Crippen molar-refractivity contribution < 1.29 is 5.11 Å². The van der Waals surface area contributed by atoms with E-state index in [1.807, 2.05) is 0 Å². The molecule has 2 fully saturated rings. The smallest absolute Gasteiger partial charge is 0.0740 e. The number of rotatable bonds is 2. The third kappa shape index (κ3) is 1.47. The van der Waals surface area contributed by atoms with Crippen LogP contribution in [0, 0.1) is 5.41 Å². The second-order valence-corrected chi connectivity index (χ2v) is 5.67. The van der Waals surface area contributed by atoms with E-state index in [0.29, 0.717) is 18.6 Å². The number of hydrogen-bond donors (Lipinski definition) is 3. The molecular formula is C11H22N2O. The summed E-state index contributed by atoms with van der Waals surface area (Å²) in [5.41, 5.74) is 5.04. The van der Waals surface area contributed by atoms with Crippen molar-refractivity contribution in [1.82, 2.24) is 5.32 Å². The van der Waals surface area contributed by atoms with Crippen LogP contribution in [0.3, 0.4) is 0 Å². The van der Waals surface area contributed by atoms with Gasteiger partial charge in [-0.1, -0.05) is 13.8 Å². The predicted molar refractivity (Wildman–Crippen MR) is 57.0 cm³/mol. The van der Waals surface area contributed by atoms with E-state index < -0.39 is 5.60 Å². The first-order chi connectivity index (χ1) is 6.47. The van der Waals surface area contributed by atoms with Gasteiger partial charge in [-0.05, 0) is 25.7 Å². The van der Waals surface area contributed by atoms with Crippen LogP contribution in [0.15, 0.2) is 0 Å². The van der Waals surface area contributed by atoms with Crippen molar-refractivity contribution in [2.24, 2.45) is 11.1 Å². The summed E-state index contributed by atoms with van der Waals surface area (Å²) < 4.78 is 0. The first-order valence-electron chi connectivity index (χ1n) is 5.65. The van der Waals surface area contributed by atoms with Crippen LogP contribution in [0.25, 0.3) is 0 Å². The minimum atomic E-state index is -0.557. The lowest BCUT2D eigenvalue weighted by Crippen LogP contribution is -2.57. The normalized spacial score (nSPS) is 42.9. The summed E-state index contributed by atoms with van der Waals surface area (Å²) in [4.78, 5) is 0. The summed E-state index contributed by atoms with van der Waals surface area (Å²) in [6, 6.07) is 1.04. The fourth-order valence-electron chi connectivity index (χ4n) is 2.87. The van der Waals surface area contributed by atoms with E-state index >= 15 is 0 Å². The highest BCUT2D eigenvalue weighted by atomic mass is 16.3. The average molecular weight is 198 g/mol. The molecule has 3 heteroatoms. The summed E-state index contributed by atoms with van der Waals surface area (Å²) in [5, 5.41) is 14.2. The minimum absolute atomic E-state index is 0.157. The van der Waals surface area contributed by atoms with Gasteiger partial charge in [0.1, 0.15) is 0 Å². The molecule has 2 aliphatic rings. The minimum Gasteiger partial charge on any atom is -0.389 e. The van der Waals surface area contributed by atoms with Crippen LogP contribution >= 0.6 is 0 Å². The lowest BCUT2D eigenvalue weighted by Gasteiger charge is -2.47. The molecule has 0 aromatic carbocycles. The van der Waals surface area contributed by atoms with Gasteiger partial charge < -0.3 is 16.2 Å². The fraction of sp³-hybridized carbons (Fsp3) is 1.00. The zero-order chi connectivity index (χ0) is 10.4. The van der Waals surface area contributed by atoms with Gasteiger partial charge in [0.15, 0.2) is 0 Å². The van der Waals surface area contributed by atoms with Crippen molar-refractivity contribution in [1.29, 1.82) is 0 Å². The second kappa shape index (κ2) is 3.19. The van der Waals surface area contributed by atoms with Crippen molar-refractivity contribution in [3.8, 4) is 0 Å². The van der Waals surface area contributed by atoms with Gasteiger partial charge in [0.25, 0.3) is 0 Å². The molecule has 14 heavy (non-hydrogen) atoms. The lowest BCUT2D eigenvalue weighted by molar-refractivity contribution is -0.0954. The zero-order valence-electron chi connectivity index (χ0n) is 9.21.